The number of anilines is 1. The molecule has 1 saturated carbocycles. The number of nitrogens with zero attached hydrogens (tertiary/aromatic N) is 2. The first-order chi connectivity index (χ1) is 11.1. The molecule has 2 amide bonds. The summed E-state index contributed by atoms with van der Waals surface area (Å²) in [5.41, 5.74) is 0.473. The summed E-state index contributed by atoms with van der Waals surface area (Å²) in [5, 5.41) is 0. The molecule has 4 nitrogen and oxygen atoms in total. The van der Waals surface area contributed by atoms with Crippen LogP contribution in [0.5, 0.6) is 0 Å². The lowest BCUT2D eigenvalue weighted by Gasteiger charge is -2.23. The van der Waals surface area contributed by atoms with Gasteiger partial charge in [0.1, 0.15) is 5.82 Å². The Morgan fingerprint density at radius 3 is 2.17 bits per heavy atom. The molecule has 122 valence electrons. The summed E-state index contributed by atoms with van der Waals surface area (Å²) in [5.74, 6) is 0.674. The van der Waals surface area contributed by atoms with Crippen LogP contribution in [-0.2, 0) is 9.59 Å². The summed E-state index contributed by atoms with van der Waals surface area (Å²) in [7, 11) is 0. The molecule has 0 aromatic heterocycles. The van der Waals surface area contributed by atoms with E-state index in [4.69, 9.17) is 0 Å². The minimum absolute atomic E-state index is 0.153. The first-order valence-corrected chi connectivity index (χ1v) is 8.50. The Hall–Kier alpha value is -1.75. The van der Waals surface area contributed by atoms with Gasteiger partial charge in [-0.1, -0.05) is 12.8 Å². The SMILES string of the molecule is O=C1C[C@H](N2C[C@H]3CCCC[C@H]3C2)C(=O)N1c1ccc(F)cc1. The molecule has 3 atom stereocenters. The van der Waals surface area contributed by atoms with Crippen molar-refractivity contribution in [1.82, 2.24) is 4.90 Å². The highest BCUT2D eigenvalue weighted by atomic mass is 19.1. The van der Waals surface area contributed by atoms with Gasteiger partial charge in [-0.15, -0.1) is 0 Å². The predicted octanol–water partition coefficient (Wildman–Crippen LogP) is 2.58. The van der Waals surface area contributed by atoms with Crippen LogP contribution < -0.4 is 4.90 Å². The number of hydrogen-bond acceptors (Lipinski definition) is 3. The van der Waals surface area contributed by atoms with Crippen LogP contribution in [0.3, 0.4) is 0 Å². The van der Waals surface area contributed by atoms with E-state index in [2.05, 4.69) is 4.90 Å². The largest absolute Gasteiger partial charge is 0.291 e. The van der Waals surface area contributed by atoms with Crippen LogP contribution in [0.2, 0.25) is 0 Å². The van der Waals surface area contributed by atoms with E-state index in [0.717, 1.165) is 13.1 Å². The van der Waals surface area contributed by atoms with Crippen molar-refractivity contribution in [2.75, 3.05) is 18.0 Å². The molecule has 0 spiro atoms. The fourth-order valence-corrected chi connectivity index (χ4v) is 4.46. The van der Waals surface area contributed by atoms with Crippen molar-refractivity contribution >= 4 is 17.5 Å². The number of imide groups is 1. The molecule has 2 saturated heterocycles. The summed E-state index contributed by atoms with van der Waals surface area (Å²) < 4.78 is 13.1. The molecule has 1 aromatic rings. The van der Waals surface area contributed by atoms with Crippen LogP contribution in [-0.4, -0.2) is 35.8 Å². The van der Waals surface area contributed by atoms with Crippen molar-refractivity contribution in [2.24, 2.45) is 11.8 Å². The Bertz CT molecular complexity index is 616. The molecule has 2 aliphatic heterocycles. The molecule has 2 heterocycles. The van der Waals surface area contributed by atoms with Gasteiger partial charge in [-0.3, -0.25) is 14.5 Å². The third-order valence-corrected chi connectivity index (χ3v) is 5.65. The summed E-state index contributed by atoms with van der Waals surface area (Å²) in [6.45, 7) is 1.87. The normalized spacial score (nSPS) is 31.7. The van der Waals surface area contributed by atoms with Gasteiger partial charge in [0.25, 0.3) is 5.91 Å². The number of benzene rings is 1. The topological polar surface area (TPSA) is 40.6 Å². The molecule has 1 aromatic carbocycles. The van der Waals surface area contributed by atoms with Crippen LogP contribution in [0.1, 0.15) is 32.1 Å². The highest BCUT2D eigenvalue weighted by Gasteiger charge is 2.46. The van der Waals surface area contributed by atoms with Crippen LogP contribution in [0.4, 0.5) is 10.1 Å². The summed E-state index contributed by atoms with van der Waals surface area (Å²) in [6.07, 6.45) is 5.31. The summed E-state index contributed by atoms with van der Waals surface area (Å²) in [6, 6.07) is 5.23. The number of amides is 2. The zero-order chi connectivity index (χ0) is 16.0. The molecule has 23 heavy (non-hydrogen) atoms. The van der Waals surface area contributed by atoms with E-state index in [1.54, 1.807) is 0 Å². The Morgan fingerprint density at radius 1 is 0.957 bits per heavy atom. The number of rotatable bonds is 2. The van der Waals surface area contributed by atoms with Gasteiger partial charge in [0.2, 0.25) is 5.91 Å². The van der Waals surface area contributed by atoms with Crippen LogP contribution in [0.15, 0.2) is 24.3 Å². The van der Waals surface area contributed by atoms with E-state index in [9.17, 15) is 14.0 Å². The predicted molar refractivity (Wildman–Crippen MR) is 84.3 cm³/mol. The van der Waals surface area contributed by atoms with Gasteiger partial charge in [0, 0.05) is 13.1 Å². The summed E-state index contributed by atoms with van der Waals surface area (Å²) in [4.78, 5) is 28.5. The minimum Gasteiger partial charge on any atom is -0.291 e. The van der Waals surface area contributed by atoms with Gasteiger partial charge < -0.3 is 0 Å². The monoisotopic (exact) mass is 316 g/mol. The maximum absolute atomic E-state index is 13.1. The van der Waals surface area contributed by atoms with Crippen molar-refractivity contribution in [3.8, 4) is 0 Å². The van der Waals surface area contributed by atoms with E-state index in [-0.39, 0.29) is 30.1 Å². The molecule has 3 aliphatic rings. The lowest BCUT2D eigenvalue weighted by molar-refractivity contribution is -0.122. The molecule has 1 aliphatic carbocycles. The second kappa shape index (κ2) is 5.71. The highest BCUT2D eigenvalue weighted by molar-refractivity contribution is 6.22. The van der Waals surface area contributed by atoms with Gasteiger partial charge in [-0.25, -0.2) is 9.29 Å². The van der Waals surface area contributed by atoms with E-state index in [1.165, 1.54) is 54.8 Å². The number of likely N-dealkylation sites (tertiary alicyclic amines) is 1. The average molecular weight is 316 g/mol. The minimum atomic E-state index is -0.368. The lowest BCUT2D eigenvalue weighted by Crippen LogP contribution is -2.41. The fraction of sp³-hybridized carbons (Fsp3) is 0.556. The maximum Gasteiger partial charge on any atom is 0.251 e. The van der Waals surface area contributed by atoms with Crippen molar-refractivity contribution < 1.29 is 14.0 Å². The van der Waals surface area contributed by atoms with E-state index in [0.29, 0.717) is 17.5 Å². The van der Waals surface area contributed by atoms with Crippen molar-refractivity contribution in [2.45, 2.75) is 38.1 Å². The number of hydrogen-bond donors (Lipinski definition) is 0. The zero-order valence-electron chi connectivity index (χ0n) is 13.1. The van der Waals surface area contributed by atoms with Crippen LogP contribution in [0.25, 0.3) is 0 Å². The molecule has 5 heteroatoms. The molecular weight excluding hydrogens is 295 g/mol. The van der Waals surface area contributed by atoms with Gasteiger partial charge in [0.15, 0.2) is 0 Å². The Kier molecular flexibility index (Phi) is 3.68. The van der Waals surface area contributed by atoms with Gasteiger partial charge in [0.05, 0.1) is 18.2 Å². The molecule has 0 N–H and O–H groups in total. The Morgan fingerprint density at radius 2 is 1.57 bits per heavy atom. The maximum atomic E-state index is 13.1. The smallest absolute Gasteiger partial charge is 0.251 e. The van der Waals surface area contributed by atoms with Crippen molar-refractivity contribution in [3.05, 3.63) is 30.1 Å². The van der Waals surface area contributed by atoms with Gasteiger partial charge in [-0.05, 0) is 48.9 Å². The molecule has 4 rings (SSSR count). The zero-order valence-corrected chi connectivity index (χ0v) is 13.1. The third-order valence-electron chi connectivity index (χ3n) is 5.65. The number of carbonyl (C=O) groups is 2. The number of carbonyl (C=O) groups excluding carboxylic acids is 2. The van der Waals surface area contributed by atoms with Gasteiger partial charge >= 0.3 is 0 Å². The average Bonchev–Trinajstić information content (AvgIpc) is 3.09. The van der Waals surface area contributed by atoms with E-state index in [1.807, 2.05) is 0 Å². The highest BCUT2D eigenvalue weighted by Crippen LogP contribution is 2.38. The molecule has 0 unspecified atom stereocenters. The second-order valence-electron chi connectivity index (χ2n) is 7.02. The van der Waals surface area contributed by atoms with E-state index >= 15 is 0 Å². The van der Waals surface area contributed by atoms with Crippen molar-refractivity contribution in [1.29, 1.82) is 0 Å². The molecular formula is C18H21FN2O2. The van der Waals surface area contributed by atoms with E-state index < -0.39 is 0 Å². The third kappa shape index (κ3) is 2.57. The first-order valence-electron chi connectivity index (χ1n) is 8.50. The summed E-state index contributed by atoms with van der Waals surface area (Å²) >= 11 is 0. The quantitative estimate of drug-likeness (QED) is 0.788. The van der Waals surface area contributed by atoms with Crippen LogP contribution >= 0.6 is 0 Å². The molecule has 0 radical (unpaired) electrons. The molecule has 3 fully saturated rings. The number of halogens is 1. The fourth-order valence-electron chi connectivity index (χ4n) is 4.46. The lowest BCUT2D eigenvalue weighted by atomic mass is 9.82. The second-order valence-corrected chi connectivity index (χ2v) is 7.02. The van der Waals surface area contributed by atoms with Gasteiger partial charge in [-0.2, -0.15) is 0 Å². The Labute approximate surface area is 135 Å². The standard InChI is InChI=1S/C18H21FN2O2/c19-14-5-7-15(8-6-14)21-17(22)9-16(18(21)23)20-10-12-3-1-2-4-13(12)11-20/h5-8,12-13,16H,1-4,9-11H2/t12-,13+,16-/m0/s1. The first kappa shape index (κ1) is 14.8. The van der Waals surface area contributed by atoms with Crippen molar-refractivity contribution in [3.63, 3.8) is 0 Å². The Balaban J connectivity index is 1.52. The number of fused-ring (bicyclic) bond motifs is 1. The molecule has 0 bridgehead atoms. The van der Waals surface area contributed by atoms with Crippen LogP contribution in [0, 0.1) is 17.7 Å².